The van der Waals surface area contributed by atoms with Crippen molar-refractivity contribution in [3.8, 4) is 5.75 Å². The maximum atomic E-state index is 13.1. The molecule has 7 nitrogen and oxygen atoms in total. The lowest BCUT2D eigenvalue weighted by atomic mass is 9.99. The minimum atomic E-state index is -0.800. The van der Waals surface area contributed by atoms with E-state index in [0.29, 0.717) is 22.7 Å². The van der Waals surface area contributed by atoms with Gasteiger partial charge in [0, 0.05) is 16.2 Å². The van der Waals surface area contributed by atoms with Gasteiger partial charge in [0.2, 0.25) is 0 Å². The lowest BCUT2D eigenvalue weighted by Gasteiger charge is -2.09. The molecule has 2 heterocycles. The summed E-state index contributed by atoms with van der Waals surface area (Å²) in [7, 11) is 1.28. The zero-order valence-electron chi connectivity index (χ0n) is 18.9. The van der Waals surface area contributed by atoms with E-state index in [-0.39, 0.29) is 22.6 Å². The van der Waals surface area contributed by atoms with E-state index in [1.807, 2.05) is 44.2 Å². The number of thiophene rings is 1. The molecular weight excluding hydrogens is 454 g/mol. The van der Waals surface area contributed by atoms with Crippen LogP contribution in [0, 0.1) is 0 Å². The lowest BCUT2D eigenvalue weighted by molar-refractivity contribution is 0.0602. The molecule has 0 fully saturated rings. The third-order valence-electron chi connectivity index (χ3n) is 5.38. The average Bonchev–Trinajstić information content (AvgIpc) is 3.27. The van der Waals surface area contributed by atoms with E-state index in [4.69, 9.17) is 13.9 Å². The largest absolute Gasteiger partial charge is 0.490 e. The number of anilines is 1. The van der Waals surface area contributed by atoms with Gasteiger partial charge in [0.25, 0.3) is 5.91 Å². The number of ether oxygens (including phenoxy) is 2. The summed E-state index contributed by atoms with van der Waals surface area (Å²) in [5.41, 5.74) is 0.589. The monoisotopic (exact) mass is 477 g/mol. The molecule has 0 aliphatic rings. The predicted octanol–water partition coefficient (Wildman–Crippen LogP) is 5.44. The van der Waals surface area contributed by atoms with E-state index in [1.54, 1.807) is 24.3 Å². The fourth-order valence-corrected chi connectivity index (χ4v) is 4.72. The van der Waals surface area contributed by atoms with Crippen LogP contribution in [0.2, 0.25) is 0 Å². The first-order valence-electron chi connectivity index (χ1n) is 10.7. The van der Waals surface area contributed by atoms with Crippen LogP contribution < -0.4 is 15.7 Å². The number of fused-ring (bicyclic) bond motifs is 1. The van der Waals surface area contributed by atoms with E-state index in [9.17, 15) is 14.4 Å². The van der Waals surface area contributed by atoms with Crippen molar-refractivity contribution in [2.45, 2.75) is 19.8 Å². The fourth-order valence-electron chi connectivity index (χ4n) is 3.60. The molecule has 0 unspecified atom stereocenters. The van der Waals surface area contributed by atoms with Crippen molar-refractivity contribution >= 4 is 39.2 Å². The molecule has 2 aromatic heterocycles. The van der Waals surface area contributed by atoms with Crippen molar-refractivity contribution in [2.24, 2.45) is 0 Å². The van der Waals surface area contributed by atoms with Gasteiger partial charge in [-0.05, 0) is 30.7 Å². The van der Waals surface area contributed by atoms with E-state index < -0.39 is 17.5 Å². The van der Waals surface area contributed by atoms with Gasteiger partial charge in [0.1, 0.15) is 10.6 Å². The number of methoxy groups -OCH3 is 1. The summed E-state index contributed by atoms with van der Waals surface area (Å²) in [6.07, 6.45) is 0. The average molecular weight is 478 g/mol. The Labute approximate surface area is 199 Å². The van der Waals surface area contributed by atoms with Crippen LogP contribution >= 0.6 is 11.3 Å². The number of hydrogen-bond acceptors (Lipinski definition) is 7. The Morgan fingerprint density at radius 2 is 1.82 bits per heavy atom. The van der Waals surface area contributed by atoms with Crippen LogP contribution in [0.1, 0.15) is 50.9 Å². The van der Waals surface area contributed by atoms with Crippen molar-refractivity contribution in [1.82, 2.24) is 0 Å². The number of carbonyl (C=O) groups excluding carboxylic acids is 2. The van der Waals surface area contributed by atoms with Gasteiger partial charge in [-0.1, -0.05) is 49.4 Å². The highest BCUT2D eigenvalue weighted by Crippen LogP contribution is 2.36. The van der Waals surface area contributed by atoms with Gasteiger partial charge in [-0.2, -0.15) is 0 Å². The van der Waals surface area contributed by atoms with Crippen molar-refractivity contribution in [3.05, 3.63) is 92.7 Å². The maximum Gasteiger partial charge on any atom is 0.349 e. The second kappa shape index (κ2) is 9.93. The van der Waals surface area contributed by atoms with Crippen LogP contribution in [0.5, 0.6) is 5.75 Å². The highest BCUT2D eigenvalue weighted by molar-refractivity contribution is 7.16. The fraction of sp³-hybridized carbons (Fsp3) is 0.192. The molecule has 1 atom stereocenters. The zero-order valence-corrected chi connectivity index (χ0v) is 19.7. The highest BCUT2D eigenvalue weighted by Gasteiger charge is 2.24. The molecule has 0 radical (unpaired) electrons. The van der Waals surface area contributed by atoms with Crippen LogP contribution in [-0.2, 0) is 4.74 Å². The molecule has 8 heteroatoms. The molecule has 34 heavy (non-hydrogen) atoms. The van der Waals surface area contributed by atoms with Crippen molar-refractivity contribution in [1.29, 1.82) is 0 Å². The topological polar surface area (TPSA) is 94.8 Å². The maximum absolute atomic E-state index is 13.1. The molecule has 0 aliphatic carbocycles. The van der Waals surface area contributed by atoms with Crippen LogP contribution in [0.3, 0.4) is 0 Å². The van der Waals surface area contributed by atoms with Gasteiger partial charge >= 0.3 is 11.6 Å². The normalized spacial score (nSPS) is 11.7. The predicted molar refractivity (Wildman–Crippen MR) is 131 cm³/mol. The molecule has 1 N–H and O–H groups in total. The SMILES string of the molecule is CCOc1cccc2cc(C(=O)Nc3sc([C@@H](C)c4ccccc4)cc3C(=O)OC)c(=O)oc12. The highest BCUT2D eigenvalue weighted by atomic mass is 32.1. The number of hydrogen-bond donors (Lipinski definition) is 1. The van der Waals surface area contributed by atoms with Gasteiger partial charge < -0.3 is 19.2 Å². The number of benzene rings is 2. The van der Waals surface area contributed by atoms with E-state index >= 15 is 0 Å². The first-order valence-corrected chi connectivity index (χ1v) is 11.5. The van der Waals surface area contributed by atoms with Gasteiger partial charge in [0.05, 0.1) is 19.3 Å². The minimum absolute atomic E-state index is 0.0111. The number of rotatable bonds is 7. The zero-order chi connectivity index (χ0) is 24.2. The molecule has 4 rings (SSSR count). The van der Waals surface area contributed by atoms with E-state index in [0.717, 1.165) is 10.4 Å². The number of amides is 1. The molecular formula is C26H23NO6S. The Morgan fingerprint density at radius 3 is 2.53 bits per heavy atom. The Kier molecular flexibility index (Phi) is 6.79. The third-order valence-corrected chi connectivity index (χ3v) is 6.61. The smallest absolute Gasteiger partial charge is 0.349 e. The summed E-state index contributed by atoms with van der Waals surface area (Å²) >= 11 is 1.26. The Hall–Kier alpha value is -3.91. The minimum Gasteiger partial charge on any atom is -0.490 e. The summed E-state index contributed by atoms with van der Waals surface area (Å²) in [6, 6.07) is 18.1. The summed E-state index contributed by atoms with van der Waals surface area (Å²) in [4.78, 5) is 39.0. The molecule has 0 saturated heterocycles. The van der Waals surface area contributed by atoms with Gasteiger partial charge in [-0.25, -0.2) is 9.59 Å². The first kappa shape index (κ1) is 23.3. The number of nitrogens with one attached hydrogen (secondary N) is 1. The second-order valence-electron chi connectivity index (χ2n) is 7.52. The first-order chi connectivity index (χ1) is 16.4. The summed E-state index contributed by atoms with van der Waals surface area (Å²) in [6.45, 7) is 4.25. The summed E-state index contributed by atoms with van der Waals surface area (Å²) < 4.78 is 15.8. The Morgan fingerprint density at radius 1 is 1.06 bits per heavy atom. The van der Waals surface area contributed by atoms with Crippen LogP contribution in [0.25, 0.3) is 11.0 Å². The third kappa shape index (κ3) is 4.58. The molecule has 0 bridgehead atoms. The molecule has 2 aromatic carbocycles. The standard InChI is InChI=1S/C26H23NO6S/c1-4-32-20-12-8-11-17-13-18(26(30)33-22(17)20)23(28)27-24-19(25(29)31-3)14-21(34-24)15(2)16-9-6-5-7-10-16/h5-15H,4H2,1-3H3,(H,27,28)/t15-/m0/s1. The Balaban J connectivity index is 1.69. The summed E-state index contributed by atoms with van der Waals surface area (Å²) in [5.74, 6) is -0.842. The van der Waals surface area contributed by atoms with Gasteiger partial charge in [0.15, 0.2) is 11.3 Å². The van der Waals surface area contributed by atoms with Crippen molar-refractivity contribution < 1.29 is 23.5 Å². The van der Waals surface area contributed by atoms with Crippen LogP contribution in [0.15, 0.2) is 69.9 Å². The quantitative estimate of drug-likeness (QED) is 0.281. The lowest BCUT2D eigenvalue weighted by Crippen LogP contribution is -2.21. The molecule has 1 amide bonds. The van der Waals surface area contributed by atoms with Gasteiger partial charge in [-0.3, -0.25) is 4.79 Å². The number of carbonyl (C=O) groups is 2. The summed E-state index contributed by atoms with van der Waals surface area (Å²) in [5, 5.41) is 3.55. The van der Waals surface area contributed by atoms with Crippen LogP contribution in [0.4, 0.5) is 5.00 Å². The van der Waals surface area contributed by atoms with Gasteiger partial charge in [-0.15, -0.1) is 11.3 Å². The molecule has 0 aliphatic heterocycles. The van der Waals surface area contributed by atoms with Crippen LogP contribution in [-0.4, -0.2) is 25.6 Å². The number of esters is 1. The molecule has 0 saturated carbocycles. The Bertz CT molecular complexity index is 1410. The molecule has 174 valence electrons. The van der Waals surface area contributed by atoms with E-state index in [2.05, 4.69) is 5.32 Å². The molecule has 0 spiro atoms. The van der Waals surface area contributed by atoms with E-state index in [1.165, 1.54) is 24.5 Å². The van der Waals surface area contributed by atoms with Crippen molar-refractivity contribution in [2.75, 3.05) is 19.0 Å². The molecule has 4 aromatic rings. The second-order valence-corrected chi connectivity index (χ2v) is 8.61. The number of para-hydroxylation sites is 1. The van der Waals surface area contributed by atoms with Crippen molar-refractivity contribution in [3.63, 3.8) is 0 Å².